The van der Waals surface area contributed by atoms with Gasteiger partial charge >= 0.3 is 0 Å². The minimum absolute atomic E-state index is 0.296. The lowest BCUT2D eigenvalue weighted by atomic mass is 10.1. The maximum absolute atomic E-state index is 12.8. The highest BCUT2D eigenvalue weighted by atomic mass is 35.5. The molecule has 5 nitrogen and oxygen atoms in total. The van der Waals surface area contributed by atoms with E-state index >= 15 is 0 Å². The lowest BCUT2D eigenvalue weighted by Gasteiger charge is -2.25. The first-order valence-electron chi connectivity index (χ1n) is 9.64. The fraction of sp³-hybridized carbons (Fsp3) is 0.167. The number of hydrogen-bond donors (Lipinski definition) is 1. The second-order valence-electron chi connectivity index (χ2n) is 7.69. The molecule has 0 aliphatic heterocycles. The van der Waals surface area contributed by atoms with E-state index in [2.05, 4.69) is 10.3 Å². The van der Waals surface area contributed by atoms with E-state index in [1.54, 1.807) is 56.3 Å². The van der Waals surface area contributed by atoms with Crippen LogP contribution in [0.1, 0.15) is 19.4 Å². The number of nitrogens with zero attached hydrogens (tertiary/aromatic N) is 1. The number of aryl methyl sites for hydroxylation is 1. The Morgan fingerprint density at radius 2 is 1.77 bits per heavy atom. The highest BCUT2D eigenvalue weighted by Crippen LogP contribution is 2.29. The quantitative estimate of drug-likeness (QED) is 0.355. The first kappa shape index (κ1) is 21.2. The minimum Gasteiger partial charge on any atom is -0.478 e. The number of amides is 1. The van der Waals surface area contributed by atoms with E-state index < -0.39 is 5.60 Å². The molecule has 7 heteroatoms. The lowest BCUT2D eigenvalue weighted by molar-refractivity contribution is -0.128. The lowest BCUT2D eigenvalue weighted by Crippen LogP contribution is -2.42. The Bertz CT molecular complexity index is 1260. The smallest absolute Gasteiger partial charge is 0.267 e. The van der Waals surface area contributed by atoms with Gasteiger partial charge in [0.05, 0.1) is 0 Å². The summed E-state index contributed by atoms with van der Waals surface area (Å²) in [5.74, 6) is 0.723. The van der Waals surface area contributed by atoms with E-state index in [0.717, 1.165) is 11.1 Å². The number of carbonyl (C=O) groups is 1. The van der Waals surface area contributed by atoms with Crippen molar-refractivity contribution in [3.63, 3.8) is 0 Å². The number of aromatic nitrogens is 1. The highest BCUT2D eigenvalue weighted by molar-refractivity contribution is 6.31. The zero-order valence-electron chi connectivity index (χ0n) is 17.2. The molecule has 4 aromatic rings. The van der Waals surface area contributed by atoms with Crippen LogP contribution in [0, 0.1) is 6.92 Å². The number of benzene rings is 3. The van der Waals surface area contributed by atoms with Crippen LogP contribution in [0.15, 0.2) is 65.1 Å². The molecule has 0 spiro atoms. The molecular weight excluding hydrogens is 435 g/mol. The van der Waals surface area contributed by atoms with Crippen LogP contribution >= 0.6 is 23.2 Å². The van der Waals surface area contributed by atoms with Gasteiger partial charge in [-0.15, -0.1) is 0 Å². The molecule has 0 unspecified atom stereocenters. The molecule has 4 rings (SSSR count). The molecule has 1 amide bonds. The van der Waals surface area contributed by atoms with Crippen molar-refractivity contribution in [3.8, 4) is 17.2 Å². The van der Waals surface area contributed by atoms with E-state index in [4.69, 9.17) is 32.4 Å². The van der Waals surface area contributed by atoms with Gasteiger partial charge < -0.3 is 14.5 Å². The van der Waals surface area contributed by atoms with E-state index in [1.807, 2.05) is 25.1 Å². The van der Waals surface area contributed by atoms with E-state index in [9.17, 15) is 4.79 Å². The Hall–Kier alpha value is -3.02. The zero-order chi connectivity index (χ0) is 22.2. The molecule has 0 atom stereocenters. The summed E-state index contributed by atoms with van der Waals surface area (Å²) < 4.78 is 11.7. The summed E-state index contributed by atoms with van der Waals surface area (Å²) in [4.78, 5) is 17.4. The molecule has 1 heterocycles. The van der Waals surface area contributed by atoms with Gasteiger partial charge in [-0.2, -0.15) is 0 Å². The van der Waals surface area contributed by atoms with E-state index in [1.165, 1.54) is 0 Å². The van der Waals surface area contributed by atoms with Crippen molar-refractivity contribution in [2.75, 3.05) is 5.32 Å². The van der Waals surface area contributed by atoms with Gasteiger partial charge in [-0.05, 0) is 80.9 Å². The van der Waals surface area contributed by atoms with Gasteiger partial charge in [0.2, 0.25) is 5.89 Å². The number of ether oxygens (including phenoxy) is 1. The summed E-state index contributed by atoms with van der Waals surface area (Å²) >= 11 is 12.1. The summed E-state index contributed by atoms with van der Waals surface area (Å²) in [5, 5.41) is 4.13. The molecule has 0 saturated heterocycles. The van der Waals surface area contributed by atoms with Crippen LogP contribution < -0.4 is 10.1 Å². The molecule has 158 valence electrons. The average Bonchev–Trinajstić information content (AvgIpc) is 3.15. The third-order valence-corrected chi connectivity index (χ3v) is 5.46. The van der Waals surface area contributed by atoms with Gasteiger partial charge in [0.25, 0.3) is 5.91 Å². The number of rotatable bonds is 5. The van der Waals surface area contributed by atoms with Gasteiger partial charge in [-0.3, -0.25) is 4.79 Å². The molecule has 0 saturated carbocycles. The molecular formula is C24H20Cl2N2O3. The summed E-state index contributed by atoms with van der Waals surface area (Å²) in [6.45, 7) is 5.33. The van der Waals surface area contributed by atoms with Crippen LogP contribution in [0.4, 0.5) is 5.69 Å². The van der Waals surface area contributed by atoms with Gasteiger partial charge in [-0.1, -0.05) is 29.3 Å². The normalized spacial score (nSPS) is 11.5. The highest BCUT2D eigenvalue weighted by Gasteiger charge is 2.30. The van der Waals surface area contributed by atoms with Crippen LogP contribution in [-0.2, 0) is 4.79 Å². The Balaban J connectivity index is 1.53. The second-order valence-corrected chi connectivity index (χ2v) is 8.53. The fourth-order valence-electron chi connectivity index (χ4n) is 2.98. The Labute approximate surface area is 189 Å². The molecule has 0 bridgehead atoms. The van der Waals surface area contributed by atoms with E-state index in [-0.39, 0.29) is 5.91 Å². The summed E-state index contributed by atoms with van der Waals surface area (Å²) in [6, 6.07) is 17.8. The van der Waals surface area contributed by atoms with Crippen LogP contribution in [0.3, 0.4) is 0 Å². The first-order chi connectivity index (χ1) is 14.7. The predicted octanol–water partition coefficient (Wildman–Crippen LogP) is 6.91. The Morgan fingerprint density at radius 3 is 2.48 bits per heavy atom. The fourth-order valence-corrected chi connectivity index (χ4v) is 3.29. The number of fused-ring (bicyclic) bond motifs is 1. The van der Waals surface area contributed by atoms with Gasteiger partial charge in [0, 0.05) is 21.3 Å². The third kappa shape index (κ3) is 4.68. The van der Waals surface area contributed by atoms with Gasteiger partial charge in [0.1, 0.15) is 11.3 Å². The number of anilines is 1. The SMILES string of the molecule is Cc1ccc(-c2nc3cc(NC(=O)C(C)(C)Oc4ccc(Cl)cc4)ccc3o2)cc1Cl. The minimum atomic E-state index is -1.10. The van der Waals surface area contributed by atoms with Gasteiger partial charge in [-0.25, -0.2) is 4.98 Å². The standard InChI is InChI=1S/C24H20Cl2N2O3/c1-14-4-5-15(12-19(14)26)22-28-20-13-17(8-11-21(20)30-22)27-23(29)24(2,3)31-18-9-6-16(25)7-10-18/h4-13H,1-3H3,(H,27,29). The van der Waals surface area contributed by atoms with Crippen LogP contribution in [0.2, 0.25) is 10.0 Å². The molecule has 0 aliphatic rings. The number of oxazole rings is 1. The molecule has 0 fully saturated rings. The zero-order valence-corrected chi connectivity index (χ0v) is 18.7. The molecule has 0 radical (unpaired) electrons. The Morgan fingerprint density at radius 1 is 1.03 bits per heavy atom. The van der Waals surface area contributed by atoms with Crippen molar-refractivity contribution < 1.29 is 13.9 Å². The number of halogens is 2. The van der Waals surface area contributed by atoms with Crippen molar-refractivity contribution in [2.24, 2.45) is 0 Å². The second kappa shape index (κ2) is 8.25. The van der Waals surface area contributed by atoms with Gasteiger partial charge in [0.15, 0.2) is 11.2 Å². The molecule has 0 aliphatic carbocycles. The maximum Gasteiger partial charge on any atom is 0.267 e. The molecule has 31 heavy (non-hydrogen) atoms. The topological polar surface area (TPSA) is 64.4 Å². The van der Waals surface area contributed by atoms with Crippen molar-refractivity contribution >= 4 is 45.9 Å². The van der Waals surface area contributed by atoms with Crippen LogP contribution in [0.5, 0.6) is 5.75 Å². The third-order valence-electron chi connectivity index (χ3n) is 4.80. The van der Waals surface area contributed by atoms with Crippen LogP contribution in [0.25, 0.3) is 22.6 Å². The van der Waals surface area contributed by atoms with Crippen molar-refractivity contribution in [3.05, 3.63) is 76.3 Å². The molecule has 1 aromatic heterocycles. The number of carbonyl (C=O) groups excluding carboxylic acids is 1. The maximum atomic E-state index is 12.8. The van der Waals surface area contributed by atoms with Crippen molar-refractivity contribution in [1.82, 2.24) is 4.98 Å². The first-order valence-corrected chi connectivity index (χ1v) is 10.4. The average molecular weight is 455 g/mol. The van der Waals surface area contributed by atoms with E-state index in [0.29, 0.717) is 38.5 Å². The number of nitrogens with one attached hydrogen (secondary N) is 1. The largest absolute Gasteiger partial charge is 0.478 e. The molecule has 3 aromatic carbocycles. The predicted molar refractivity (Wildman–Crippen MR) is 124 cm³/mol. The monoisotopic (exact) mass is 454 g/mol. The molecule has 1 N–H and O–H groups in total. The van der Waals surface area contributed by atoms with Crippen molar-refractivity contribution in [1.29, 1.82) is 0 Å². The summed E-state index contributed by atoms with van der Waals surface area (Å²) in [6.07, 6.45) is 0. The number of hydrogen-bond acceptors (Lipinski definition) is 4. The van der Waals surface area contributed by atoms with Crippen molar-refractivity contribution in [2.45, 2.75) is 26.4 Å². The Kier molecular flexibility index (Phi) is 5.65. The van der Waals surface area contributed by atoms with Crippen LogP contribution in [-0.4, -0.2) is 16.5 Å². The summed E-state index contributed by atoms with van der Waals surface area (Å²) in [5.41, 5.74) is 2.50. The summed E-state index contributed by atoms with van der Waals surface area (Å²) in [7, 11) is 0.